The number of nitrogens with zero attached hydrogens (tertiary/aromatic N) is 5. The number of anilines is 1. The van der Waals surface area contributed by atoms with Crippen LogP contribution in [0.5, 0.6) is 0 Å². The van der Waals surface area contributed by atoms with Crippen LogP contribution in [0.15, 0.2) is 55.1 Å². The van der Waals surface area contributed by atoms with Gasteiger partial charge in [0.15, 0.2) is 11.5 Å². The fourth-order valence-corrected chi connectivity index (χ4v) is 2.77. The van der Waals surface area contributed by atoms with Gasteiger partial charge in [-0.15, -0.1) is 0 Å². The molecule has 0 radical (unpaired) electrons. The lowest BCUT2D eigenvalue weighted by molar-refractivity contribution is -0.137. The van der Waals surface area contributed by atoms with Crippen LogP contribution in [0.25, 0.3) is 16.9 Å². The van der Waals surface area contributed by atoms with E-state index in [1.807, 2.05) is 0 Å². The van der Waals surface area contributed by atoms with Gasteiger partial charge in [0.25, 0.3) is 5.91 Å². The van der Waals surface area contributed by atoms with Gasteiger partial charge in [0, 0.05) is 11.8 Å². The minimum atomic E-state index is -4.53. The molecular formula is C19H13F3N6O. The van der Waals surface area contributed by atoms with Crippen LogP contribution in [0.1, 0.15) is 21.6 Å². The number of carbonyl (C=O) groups excluding carboxylic acids is 1. The summed E-state index contributed by atoms with van der Waals surface area (Å²) in [5, 5.41) is 6.61. The molecule has 10 heteroatoms. The van der Waals surface area contributed by atoms with Gasteiger partial charge in [-0.25, -0.2) is 14.5 Å². The molecule has 0 aliphatic carbocycles. The molecule has 146 valence electrons. The van der Waals surface area contributed by atoms with Gasteiger partial charge in [-0.05, 0) is 19.1 Å². The molecule has 0 atom stereocenters. The summed E-state index contributed by atoms with van der Waals surface area (Å²) >= 11 is 0. The van der Waals surface area contributed by atoms with E-state index in [0.29, 0.717) is 5.69 Å². The zero-order valence-electron chi connectivity index (χ0n) is 15.0. The minimum absolute atomic E-state index is 0.0788. The summed E-state index contributed by atoms with van der Waals surface area (Å²) in [5.41, 5.74) is 0.0937. The summed E-state index contributed by atoms with van der Waals surface area (Å²) in [7, 11) is 0. The largest absolute Gasteiger partial charge is 0.417 e. The van der Waals surface area contributed by atoms with E-state index in [2.05, 4.69) is 25.4 Å². The maximum Gasteiger partial charge on any atom is 0.417 e. The maximum atomic E-state index is 13.3. The molecule has 3 aromatic heterocycles. The van der Waals surface area contributed by atoms with Crippen LogP contribution in [0.2, 0.25) is 0 Å². The highest BCUT2D eigenvalue weighted by Gasteiger charge is 2.33. The van der Waals surface area contributed by atoms with Crippen molar-refractivity contribution in [1.82, 2.24) is 24.6 Å². The first-order valence-corrected chi connectivity index (χ1v) is 8.44. The van der Waals surface area contributed by atoms with Crippen molar-refractivity contribution in [3.63, 3.8) is 0 Å². The molecule has 0 spiro atoms. The first-order chi connectivity index (χ1) is 13.8. The smallest absolute Gasteiger partial charge is 0.305 e. The number of fused-ring (bicyclic) bond motifs is 1. The van der Waals surface area contributed by atoms with Crippen molar-refractivity contribution in [1.29, 1.82) is 0 Å². The maximum absolute atomic E-state index is 13.3. The van der Waals surface area contributed by atoms with E-state index in [-0.39, 0.29) is 28.3 Å². The number of amides is 1. The van der Waals surface area contributed by atoms with Gasteiger partial charge in [0.05, 0.1) is 35.5 Å². The third kappa shape index (κ3) is 3.64. The Labute approximate surface area is 162 Å². The van der Waals surface area contributed by atoms with Crippen LogP contribution in [-0.4, -0.2) is 30.5 Å². The second kappa shape index (κ2) is 6.97. The highest BCUT2D eigenvalue weighted by Crippen LogP contribution is 2.36. The molecule has 0 saturated carbocycles. The van der Waals surface area contributed by atoms with Crippen molar-refractivity contribution in [2.75, 3.05) is 5.32 Å². The summed E-state index contributed by atoms with van der Waals surface area (Å²) < 4.78 is 41.3. The molecular weight excluding hydrogens is 385 g/mol. The van der Waals surface area contributed by atoms with Crippen LogP contribution in [-0.2, 0) is 6.18 Å². The van der Waals surface area contributed by atoms with Crippen molar-refractivity contribution >= 4 is 17.4 Å². The van der Waals surface area contributed by atoms with E-state index in [0.717, 1.165) is 6.07 Å². The number of aryl methyl sites for hydroxylation is 1. The molecule has 29 heavy (non-hydrogen) atoms. The summed E-state index contributed by atoms with van der Waals surface area (Å²) in [5.74, 6) is -0.314. The second-order valence-corrected chi connectivity index (χ2v) is 6.18. The Morgan fingerprint density at radius 2 is 1.86 bits per heavy atom. The van der Waals surface area contributed by atoms with Crippen molar-refractivity contribution in [2.24, 2.45) is 0 Å². The fourth-order valence-electron chi connectivity index (χ4n) is 2.77. The molecule has 0 bridgehead atoms. The first kappa shape index (κ1) is 18.5. The molecule has 0 unspecified atom stereocenters. The zero-order chi connectivity index (χ0) is 20.6. The van der Waals surface area contributed by atoms with Gasteiger partial charge in [0.2, 0.25) is 0 Å². The molecule has 1 amide bonds. The van der Waals surface area contributed by atoms with Crippen LogP contribution in [0.4, 0.5) is 19.0 Å². The molecule has 4 rings (SSSR count). The van der Waals surface area contributed by atoms with Crippen molar-refractivity contribution in [3.05, 3.63) is 71.9 Å². The molecule has 0 saturated heterocycles. The highest BCUT2D eigenvalue weighted by atomic mass is 19.4. The number of halogens is 3. The Balaban J connectivity index is 1.74. The Bertz CT molecular complexity index is 1200. The number of alkyl halides is 3. The predicted octanol–water partition coefficient (Wildman–Crippen LogP) is 3.77. The Kier molecular flexibility index (Phi) is 4.45. The number of carbonyl (C=O) groups is 1. The van der Waals surface area contributed by atoms with Gasteiger partial charge < -0.3 is 5.32 Å². The molecule has 0 fully saturated rings. The lowest BCUT2D eigenvalue weighted by Gasteiger charge is -2.12. The average molecular weight is 398 g/mol. The number of benzene rings is 1. The van der Waals surface area contributed by atoms with E-state index < -0.39 is 17.6 Å². The van der Waals surface area contributed by atoms with Crippen LogP contribution in [0, 0.1) is 6.92 Å². The highest BCUT2D eigenvalue weighted by molar-refractivity contribution is 6.07. The summed E-state index contributed by atoms with van der Waals surface area (Å²) in [6.45, 7) is 1.76. The van der Waals surface area contributed by atoms with E-state index in [1.165, 1.54) is 53.6 Å². The molecule has 0 aliphatic heterocycles. The fraction of sp³-hybridized carbons (Fsp3) is 0.105. The third-order valence-electron chi connectivity index (χ3n) is 4.14. The lowest BCUT2D eigenvalue weighted by atomic mass is 10.0. The lowest BCUT2D eigenvalue weighted by Crippen LogP contribution is -2.13. The van der Waals surface area contributed by atoms with Crippen molar-refractivity contribution in [2.45, 2.75) is 13.1 Å². The molecule has 3 heterocycles. The molecule has 1 N–H and O–H groups in total. The van der Waals surface area contributed by atoms with E-state index in [4.69, 9.17) is 0 Å². The van der Waals surface area contributed by atoms with Gasteiger partial charge in [-0.1, -0.05) is 18.2 Å². The Hall–Kier alpha value is -3.82. The number of hydrogen-bond acceptors (Lipinski definition) is 5. The SMILES string of the molecule is Cc1cnc(NC(=O)c2cnn3ccc(-c4ccccc4C(F)(F)F)nc23)cn1. The van der Waals surface area contributed by atoms with Crippen molar-refractivity contribution < 1.29 is 18.0 Å². The van der Waals surface area contributed by atoms with Crippen LogP contribution in [0.3, 0.4) is 0 Å². The number of rotatable bonds is 3. The molecule has 4 aromatic rings. The molecule has 0 aliphatic rings. The minimum Gasteiger partial charge on any atom is -0.305 e. The van der Waals surface area contributed by atoms with Crippen LogP contribution >= 0.6 is 0 Å². The quantitative estimate of drug-likeness (QED) is 0.568. The van der Waals surface area contributed by atoms with Crippen molar-refractivity contribution in [3.8, 4) is 11.3 Å². The third-order valence-corrected chi connectivity index (χ3v) is 4.14. The number of aromatic nitrogens is 5. The molecule has 7 nitrogen and oxygen atoms in total. The van der Waals surface area contributed by atoms with E-state index >= 15 is 0 Å². The van der Waals surface area contributed by atoms with Gasteiger partial charge in [-0.3, -0.25) is 9.78 Å². The average Bonchev–Trinajstić information content (AvgIpc) is 3.12. The van der Waals surface area contributed by atoms with Gasteiger partial charge in [0.1, 0.15) is 5.56 Å². The summed E-state index contributed by atoms with van der Waals surface area (Å²) in [6, 6.07) is 6.54. The normalized spacial score (nSPS) is 11.6. The summed E-state index contributed by atoms with van der Waals surface area (Å²) in [6.07, 6.45) is 1.11. The van der Waals surface area contributed by atoms with E-state index in [9.17, 15) is 18.0 Å². The summed E-state index contributed by atoms with van der Waals surface area (Å²) in [4.78, 5) is 24.9. The number of hydrogen-bond donors (Lipinski definition) is 1. The first-order valence-electron chi connectivity index (χ1n) is 8.44. The number of nitrogens with one attached hydrogen (secondary N) is 1. The predicted molar refractivity (Wildman–Crippen MR) is 98.1 cm³/mol. The monoisotopic (exact) mass is 398 g/mol. The van der Waals surface area contributed by atoms with Crippen LogP contribution < -0.4 is 5.32 Å². The topological polar surface area (TPSA) is 85.1 Å². The Morgan fingerprint density at radius 3 is 2.59 bits per heavy atom. The van der Waals surface area contributed by atoms with Gasteiger partial charge >= 0.3 is 6.18 Å². The zero-order valence-corrected chi connectivity index (χ0v) is 15.0. The second-order valence-electron chi connectivity index (χ2n) is 6.18. The van der Waals surface area contributed by atoms with E-state index in [1.54, 1.807) is 6.92 Å². The standard InChI is InChI=1S/C19H13F3N6O/c1-11-8-24-16(10-23-11)27-18(29)13-9-25-28-7-6-15(26-17(13)28)12-4-2-3-5-14(12)19(20,21)22/h2-10H,1H3,(H,24,27,29). The molecule has 1 aromatic carbocycles. The van der Waals surface area contributed by atoms with Gasteiger partial charge in [-0.2, -0.15) is 18.3 Å². The Morgan fingerprint density at radius 1 is 1.07 bits per heavy atom.